The number of benzene rings is 1. The smallest absolute Gasteiger partial charge is 0.309 e. The first-order valence-corrected chi connectivity index (χ1v) is 10.5. The number of hydrogen-bond acceptors (Lipinski definition) is 5. The lowest BCUT2D eigenvalue weighted by atomic mass is 9.97. The Morgan fingerprint density at radius 1 is 1.20 bits per heavy atom. The van der Waals surface area contributed by atoms with E-state index in [0.717, 1.165) is 27.7 Å². The highest BCUT2D eigenvalue weighted by Gasteiger charge is 2.29. The number of likely N-dealkylation sites (N-methyl/N-ethyl adjacent to an activating group) is 1. The van der Waals surface area contributed by atoms with E-state index in [1.54, 1.807) is 25.1 Å². The van der Waals surface area contributed by atoms with E-state index in [0.29, 0.717) is 32.5 Å². The highest BCUT2D eigenvalue weighted by molar-refractivity contribution is 5.91. The molecule has 1 aliphatic rings. The van der Waals surface area contributed by atoms with Crippen molar-refractivity contribution in [1.29, 1.82) is 0 Å². The molecule has 1 aromatic heterocycles. The van der Waals surface area contributed by atoms with Gasteiger partial charge in [-0.15, -0.1) is 0 Å². The van der Waals surface area contributed by atoms with Crippen molar-refractivity contribution in [1.82, 2.24) is 9.80 Å². The Kier molecular flexibility index (Phi) is 6.80. The molecular formula is C23H30N2O5. The van der Waals surface area contributed by atoms with Gasteiger partial charge in [0.25, 0.3) is 0 Å². The summed E-state index contributed by atoms with van der Waals surface area (Å²) < 4.78 is 10.7. The van der Waals surface area contributed by atoms with Gasteiger partial charge in [0.05, 0.1) is 31.8 Å². The monoisotopic (exact) mass is 414 g/mol. The summed E-state index contributed by atoms with van der Waals surface area (Å²) in [6.45, 7) is 7.23. The largest absolute Gasteiger partial charge is 0.466 e. The number of hydrogen-bond donors (Lipinski definition) is 0. The fourth-order valence-electron chi connectivity index (χ4n) is 3.84. The van der Waals surface area contributed by atoms with Gasteiger partial charge in [0.15, 0.2) is 0 Å². The van der Waals surface area contributed by atoms with E-state index in [1.807, 2.05) is 26.0 Å². The minimum Gasteiger partial charge on any atom is -0.466 e. The van der Waals surface area contributed by atoms with Crippen molar-refractivity contribution in [3.63, 3.8) is 0 Å². The molecule has 0 radical (unpaired) electrons. The van der Waals surface area contributed by atoms with Gasteiger partial charge in [-0.05, 0) is 44.7 Å². The molecule has 0 saturated carbocycles. The summed E-state index contributed by atoms with van der Waals surface area (Å²) in [5, 5.41) is 0.937. The summed E-state index contributed by atoms with van der Waals surface area (Å²) in [4.78, 5) is 40.3. The number of furan rings is 1. The summed E-state index contributed by atoms with van der Waals surface area (Å²) in [5.74, 6) is -0.563. The first kappa shape index (κ1) is 21.9. The van der Waals surface area contributed by atoms with Crippen LogP contribution >= 0.6 is 0 Å². The van der Waals surface area contributed by atoms with Crippen molar-refractivity contribution in [3.8, 4) is 0 Å². The van der Waals surface area contributed by atoms with Crippen LogP contribution in [0.2, 0.25) is 0 Å². The minimum absolute atomic E-state index is 0.0246. The summed E-state index contributed by atoms with van der Waals surface area (Å²) in [6, 6.07) is 4.00. The van der Waals surface area contributed by atoms with Gasteiger partial charge in [0.2, 0.25) is 11.8 Å². The average molecular weight is 415 g/mol. The van der Waals surface area contributed by atoms with Crippen LogP contribution in [0.4, 0.5) is 0 Å². The molecule has 0 aliphatic carbocycles. The molecule has 0 atom stereocenters. The molecular weight excluding hydrogens is 384 g/mol. The van der Waals surface area contributed by atoms with E-state index in [4.69, 9.17) is 9.15 Å². The fraction of sp³-hybridized carbons (Fsp3) is 0.522. The number of nitrogens with zero attached hydrogens (tertiary/aromatic N) is 2. The van der Waals surface area contributed by atoms with Crippen LogP contribution in [0, 0.1) is 19.8 Å². The lowest BCUT2D eigenvalue weighted by molar-refractivity contribution is -0.151. The second-order valence-corrected chi connectivity index (χ2v) is 7.98. The summed E-state index contributed by atoms with van der Waals surface area (Å²) >= 11 is 0. The summed E-state index contributed by atoms with van der Waals surface area (Å²) in [6.07, 6.45) is 3.01. The molecule has 0 unspecified atom stereocenters. The van der Waals surface area contributed by atoms with Crippen molar-refractivity contribution in [2.24, 2.45) is 5.92 Å². The van der Waals surface area contributed by atoms with Crippen LogP contribution in [0.15, 0.2) is 22.8 Å². The minimum atomic E-state index is -0.185. The zero-order chi connectivity index (χ0) is 21.8. The van der Waals surface area contributed by atoms with E-state index < -0.39 is 0 Å². The molecule has 7 heteroatoms. The Hall–Kier alpha value is -2.83. The molecule has 2 heterocycles. The van der Waals surface area contributed by atoms with Gasteiger partial charge < -0.3 is 19.0 Å². The maximum Gasteiger partial charge on any atom is 0.309 e. The van der Waals surface area contributed by atoms with Crippen molar-refractivity contribution >= 4 is 28.8 Å². The maximum atomic E-state index is 12.7. The van der Waals surface area contributed by atoms with E-state index in [9.17, 15) is 14.4 Å². The first-order valence-electron chi connectivity index (χ1n) is 10.5. The van der Waals surface area contributed by atoms with E-state index >= 15 is 0 Å². The third kappa shape index (κ3) is 4.66. The van der Waals surface area contributed by atoms with Gasteiger partial charge in [-0.1, -0.05) is 12.1 Å². The molecule has 30 heavy (non-hydrogen) atoms. The number of carbonyl (C=O) groups is 3. The SMILES string of the molecule is CCOC(=O)C1CCN(C(=O)CN(C)C(=O)Cc2coc3c(C)c(C)ccc23)CC1. The Morgan fingerprint density at radius 2 is 1.90 bits per heavy atom. The predicted octanol–water partition coefficient (Wildman–Crippen LogP) is 2.85. The van der Waals surface area contributed by atoms with E-state index in [1.165, 1.54) is 4.90 Å². The molecule has 0 spiro atoms. The molecule has 162 valence electrons. The number of fused-ring (bicyclic) bond motifs is 1. The van der Waals surface area contributed by atoms with Gasteiger partial charge in [0, 0.05) is 31.1 Å². The van der Waals surface area contributed by atoms with Crippen LogP contribution in [0.25, 0.3) is 11.0 Å². The van der Waals surface area contributed by atoms with Gasteiger partial charge >= 0.3 is 5.97 Å². The van der Waals surface area contributed by atoms with Gasteiger partial charge in [0.1, 0.15) is 5.58 Å². The third-order valence-corrected chi connectivity index (χ3v) is 5.95. The van der Waals surface area contributed by atoms with Crippen LogP contribution in [0.1, 0.15) is 36.5 Å². The van der Waals surface area contributed by atoms with Crippen molar-refractivity contribution < 1.29 is 23.5 Å². The summed E-state index contributed by atoms with van der Waals surface area (Å²) in [5.41, 5.74) is 3.85. The van der Waals surface area contributed by atoms with Gasteiger partial charge in [-0.25, -0.2) is 0 Å². The maximum absolute atomic E-state index is 12.7. The van der Waals surface area contributed by atoms with Crippen LogP contribution in [0.3, 0.4) is 0 Å². The average Bonchev–Trinajstić information content (AvgIpc) is 3.14. The highest BCUT2D eigenvalue weighted by atomic mass is 16.5. The third-order valence-electron chi connectivity index (χ3n) is 5.95. The van der Waals surface area contributed by atoms with Gasteiger partial charge in [-0.3, -0.25) is 14.4 Å². The quantitative estimate of drug-likeness (QED) is 0.679. The Balaban J connectivity index is 1.54. The van der Waals surface area contributed by atoms with Crippen LogP contribution in [-0.2, 0) is 25.5 Å². The number of esters is 1. The molecule has 0 bridgehead atoms. The first-order chi connectivity index (χ1) is 14.3. The normalized spacial score (nSPS) is 14.7. The van der Waals surface area contributed by atoms with Crippen LogP contribution < -0.4 is 0 Å². The number of amides is 2. The topological polar surface area (TPSA) is 80.1 Å². The number of carbonyl (C=O) groups excluding carboxylic acids is 3. The van der Waals surface area contributed by atoms with Gasteiger partial charge in [-0.2, -0.15) is 0 Å². The number of aryl methyl sites for hydroxylation is 2. The molecule has 3 rings (SSSR count). The fourth-order valence-corrected chi connectivity index (χ4v) is 3.84. The Morgan fingerprint density at radius 3 is 2.57 bits per heavy atom. The molecule has 2 amide bonds. The zero-order valence-electron chi connectivity index (χ0n) is 18.2. The lowest BCUT2D eigenvalue weighted by Crippen LogP contribution is -2.45. The van der Waals surface area contributed by atoms with Crippen LogP contribution in [-0.4, -0.2) is 60.9 Å². The predicted molar refractivity (Wildman–Crippen MR) is 113 cm³/mol. The lowest BCUT2D eigenvalue weighted by Gasteiger charge is -2.32. The van der Waals surface area contributed by atoms with E-state index in [-0.39, 0.29) is 36.7 Å². The molecule has 7 nitrogen and oxygen atoms in total. The van der Waals surface area contributed by atoms with Crippen molar-refractivity contribution in [2.45, 2.75) is 40.0 Å². The number of likely N-dealkylation sites (tertiary alicyclic amines) is 1. The second kappa shape index (κ2) is 9.32. The van der Waals surface area contributed by atoms with E-state index in [2.05, 4.69) is 0 Å². The zero-order valence-corrected chi connectivity index (χ0v) is 18.2. The number of rotatable bonds is 6. The number of ether oxygens (including phenoxy) is 1. The molecule has 1 fully saturated rings. The van der Waals surface area contributed by atoms with Crippen LogP contribution in [0.5, 0.6) is 0 Å². The van der Waals surface area contributed by atoms with Crippen molar-refractivity contribution in [2.75, 3.05) is 33.3 Å². The molecule has 1 aliphatic heterocycles. The Bertz CT molecular complexity index is 940. The highest BCUT2D eigenvalue weighted by Crippen LogP contribution is 2.27. The molecule has 0 N–H and O–H groups in total. The molecule has 1 saturated heterocycles. The van der Waals surface area contributed by atoms with Crippen molar-refractivity contribution in [3.05, 3.63) is 35.1 Å². The second-order valence-electron chi connectivity index (χ2n) is 7.98. The number of piperidine rings is 1. The molecule has 1 aromatic carbocycles. The Labute approximate surface area is 176 Å². The summed E-state index contributed by atoms with van der Waals surface area (Å²) in [7, 11) is 1.64. The molecule has 2 aromatic rings. The standard InChI is InChI=1S/C23H30N2O5/c1-5-29-23(28)17-8-10-25(11-9-17)21(27)13-24(4)20(26)12-18-14-30-22-16(3)15(2)6-7-19(18)22/h6-7,14,17H,5,8-13H2,1-4H3.